The number of halogens is 1. The Morgan fingerprint density at radius 2 is 1.82 bits per heavy atom. The van der Waals surface area contributed by atoms with E-state index in [0.29, 0.717) is 17.3 Å². The van der Waals surface area contributed by atoms with Crippen LogP contribution < -0.4 is 5.73 Å². The van der Waals surface area contributed by atoms with Crippen LogP contribution in [0.15, 0.2) is 36.5 Å². The van der Waals surface area contributed by atoms with E-state index in [9.17, 15) is 4.39 Å². The van der Waals surface area contributed by atoms with Gasteiger partial charge in [0.2, 0.25) is 0 Å². The summed E-state index contributed by atoms with van der Waals surface area (Å²) in [6, 6.07) is 8.11. The van der Waals surface area contributed by atoms with E-state index in [0.717, 1.165) is 11.1 Å². The predicted molar refractivity (Wildman–Crippen MR) is 68.1 cm³/mol. The first-order valence-corrected chi connectivity index (χ1v) is 5.59. The summed E-state index contributed by atoms with van der Waals surface area (Å²) < 4.78 is 12.8. The fourth-order valence-corrected chi connectivity index (χ4v) is 1.66. The number of rotatable bonds is 2. The van der Waals surface area contributed by atoms with Crippen LogP contribution in [0.2, 0.25) is 0 Å². The van der Waals surface area contributed by atoms with E-state index in [2.05, 4.69) is 18.8 Å². The Bertz CT molecular complexity index is 518. The number of nitrogens with two attached hydrogens (primary N) is 1. The van der Waals surface area contributed by atoms with Crippen LogP contribution in [0.25, 0.3) is 11.3 Å². The fourth-order valence-electron chi connectivity index (χ4n) is 1.66. The Balaban J connectivity index is 2.43. The molecule has 0 spiro atoms. The Labute approximate surface area is 100 Å². The van der Waals surface area contributed by atoms with E-state index in [1.165, 1.54) is 12.1 Å². The number of pyridine rings is 1. The number of hydrogen-bond acceptors (Lipinski definition) is 2. The third kappa shape index (κ3) is 2.44. The molecule has 17 heavy (non-hydrogen) atoms. The summed E-state index contributed by atoms with van der Waals surface area (Å²) in [4.78, 5) is 4.35. The topological polar surface area (TPSA) is 38.9 Å². The quantitative estimate of drug-likeness (QED) is 0.856. The lowest BCUT2D eigenvalue weighted by atomic mass is 10.0. The van der Waals surface area contributed by atoms with Gasteiger partial charge in [-0.25, -0.2) is 4.39 Å². The van der Waals surface area contributed by atoms with Crippen molar-refractivity contribution in [2.75, 3.05) is 5.73 Å². The summed E-state index contributed by atoms with van der Waals surface area (Å²) in [7, 11) is 0. The SMILES string of the molecule is CC(C)c1cnc(-c2ccc(F)cc2)c(N)c1. The Morgan fingerprint density at radius 3 is 2.35 bits per heavy atom. The predicted octanol–water partition coefficient (Wildman–Crippen LogP) is 3.59. The molecule has 0 atom stereocenters. The van der Waals surface area contributed by atoms with E-state index >= 15 is 0 Å². The van der Waals surface area contributed by atoms with Crippen LogP contribution in [0, 0.1) is 5.82 Å². The van der Waals surface area contributed by atoms with E-state index in [1.54, 1.807) is 12.1 Å². The fraction of sp³-hybridized carbons (Fsp3) is 0.214. The molecule has 2 nitrogen and oxygen atoms in total. The van der Waals surface area contributed by atoms with E-state index in [4.69, 9.17) is 5.73 Å². The lowest BCUT2D eigenvalue weighted by Gasteiger charge is -2.09. The van der Waals surface area contributed by atoms with Gasteiger partial charge in [-0.3, -0.25) is 4.98 Å². The molecule has 0 radical (unpaired) electrons. The molecule has 3 heteroatoms. The smallest absolute Gasteiger partial charge is 0.123 e. The molecule has 0 bridgehead atoms. The van der Waals surface area contributed by atoms with Gasteiger partial charge in [-0.15, -0.1) is 0 Å². The molecule has 2 N–H and O–H groups in total. The molecule has 0 saturated carbocycles. The van der Waals surface area contributed by atoms with Crippen LogP contribution in [0.4, 0.5) is 10.1 Å². The Hall–Kier alpha value is -1.90. The number of nitrogen functional groups attached to an aromatic ring is 1. The second-order valence-electron chi connectivity index (χ2n) is 4.37. The van der Waals surface area contributed by atoms with Gasteiger partial charge in [0.15, 0.2) is 0 Å². The molecule has 1 aromatic heterocycles. The van der Waals surface area contributed by atoms with Crippen molar-refractivity contribution in [3.8, 4) is 11.3 Å². The van der Waals surface area contributed by atoms with Gasteiger partial charge in [-0.1, -0.05) is 13.8 Å². The van der Waals surface area contributed by atoms with Gasteiger partial charge in [0.1, 0.15) is 5.82 Å². The molecule has 0 amide bonds. The van der Waals surface area contributed by atoms with E-state index < -0.39 is 0 Å². The first-order valence-electron chi connectivity index (χ1n) is 5.59. The summed E-state index contributed by atoms with van der Waals surface area (Å²) in [6.45, 7) is 4.18. The van der Waals surface area contributed by atoms with Gasteiger partial charge in [-0.2, -0.15) is 0 Å². The zero-order chi connectivity index (χ0) is 12.4. The lowest BCUT2D eigenvalue weighted by molar-refractivity contribution is 0.628. The maximum absolute atomic E-state index is 12.8. The molecule has 0 saturated heterocycles. The van der Waals surface area contributed by atoms with E-state index in [-0.39, 0.29) is 5.82 Å². The van der Waals surface area contributed by atoms with Crippen LogP contribution in [0.3, 0.4) is 0 Å². The largest absolute Gasteiger partial charge is 0.397 e. The third-order valence-electron chi connectivity index (χ3n) is 2.72. The molecule has 0 aliphatic heterocycles. The molecule has 0 fully saturated rings. The summed E-state index contributed by atoms with van der Waals surface area (Å²) in [6.07, 6.45) is 1.82. The molecule has 2 aromatic rings. The van der Waals surface area contributed by atoms with Crippen LogP contribution in [-0.4, -0.2) is 4.98 Å². The molecular formula is C14H15FN2. The number of benzene rings is 1. The summed E-state index contributed by atoms with van der Waals surface area (Å²) in [5, 5.41) is 0. The number of aromatic nitrogens is 1. The second-order valence-corrected chi connectivity index (χ2v) is 4.37. The number of nitrogens with zero attached hydrogens (tertiary/aromatic N) is 1. The van der Waals surface area contributed by atoms with Crippen molar-refractivity contribution < 1.29 is 4.39 Å². The van der Waals surface area contributed by atoms with Crippen molar-refractivity contribution in [3.63, 3.8) is 0 Å². The maximum atomic E-state index is 12.8. The molecule has 1 heterocycles. The first-order chi connectivity index (χ1) is 8.08. The van der Waals surface area contributed by atoms with Crippen molar-refractivity contribution in [1.29, 1.82) is 0 Å². The Morgan fingerprint density at radius 1 is 1.18 bits per heavy atom. The molecule has 88 valence electrons. The van der Waals surface area contributed by atoms with Crippen molar-refractivity contribution in [2.45, 2.75) is 19.8 Å². The maximum Gasteiger partial charge on any atom is 0.123 e. The molecule has 1 aromatic carbocycles. The minimum absolute atomic E-state index is 0.258. The summed E-state index contributed by atoms with van der Waals surface area (Å²) >= 11 is 0. The number of hydrogen-bond donors (Lipinski definition) is 1. The molecule has 0 unspecified atom stereocenters. The van der Waals surface area contributed by atoms with Crippen molar-refractivity contribution in [2.24, 2.45) is 0 Å². The highest BCUT2D eigenvalue weighted by molar-refractivity contribution is 5.72. The van der Waals surface area contributed by atoms with Crippen LogP contribution in [0.1, 0.15) is 25.3 Å². The minimum Gasteiger partial charge on any atom is -0.397 e. The van der Waals surface area contributed by atoms with Crippen LogP contribution in [-0.2, 0) is 0 Å². The van der Waals surface area contributed by atoms with Crippen molar-refractivity contribution in [1.82, 2.24) is 4.98 Å². The van der Waals surface area contributed by atoms with Gasteiger partial charge in [-0.05, 0) is 41.8 Å². The van der Waals surface area contributed by atoms with Gasteiger partial charge < -0.3 is 5.73 Å². The third-order valence-corrected chi connectivity index (χ3v) is 2.72. The zero-order valence-corrected chi connectivity index (χ0v) is 9.94. The van der Waals surface area contributed by atoms with Crippen LogP contribution in [0.5, 0.6) is 0 Å². The van der Waals surface area contributed by atoms with Gasteiger partial charge in [0, 0.05) is 11.8 Å². The molecular weight excluding hydrogens is 215 g/mol. The standard InChI is InChI=1S/C14H15FN2/c1-9(2)11-7-13(16)14(17-8-11)10-3-5-12(15)6-4-10/h3-9H,16H2,1-2H3. The van der Waals surface area contributed by atoms with Gasteiger partial charge >= 0.3 is 0 Å². The summed E-state index contributed by atoms with van der Waals surface area (Å²) in [5.74, 6) is 0.137. The first kappa shape index (κ1) is 11.6. The highest BCUT2D eigenvalue weighted by Crippen LogP contribution is 2.26. The number of anilines is 1. The minimum atomic E-state index is -0.258. The average molecular weight is 230 g/mol. The normalized spacial score (nSPS) is 10.8. The summed E-state index contributed by atoms with van der Waals surface area (Å²) in [5.41, 5.74) is 9.24. The van der Waals surface area contributed by atoms with Crippen molar-refractivity contribution >= 4 is 5.69 Å². The van der Waals surface area contributed by atoms with E-state index in [1.807, 2.05) is 12.3 Å². The van der Waals surface area contributed by atoms with Gasteiger partial charge in [0.25, 0.3) is 0 Å². The van der Waals surface area contributed by atoms with Crippen LogP contribution >= 0.6 is 0 Å². The lowest BCUT2D eigenvalue weighted by Crippen LogP contribution is -1.97. The zero-order valence-electron chi connectivity index (χ0n) is 9.94. The monoisotopic (exact) mass is 230 g/mol. The second kappa shape index (κ2) is 4.53. The van der Waals surface area contributed by atoms with Crippen molar-refractivity contribution in [3.05, 3.63) is 47.9 Å². The Kier molecular flexibility index (Phi) is 3.09. The van der Waals surface area contributed by atoms with Gasteiger partial charge in [0.05, 0.1) is 11.4 Å². The highest BCUT2D eigenvalue weighted by Gasteiger charge is 2.07. The highest BCUT2D eigenvalue weighted by atomic mass is 19.1. The average Bonchev–Trinajstić information content (AvgIpc) is 2.30. The molecule has 0 aliphatic carbocycles. The molecule has 2 rings (SSSR count). The molecule has 0 aliphatic rings.